The van der Waals surface area contributed by atoms with Crippen LogP contribution < -0.4 is 0 Å². The lowest BCUT2D eigenvalue weighted by Crippen LogP contribution is -1.91. The molecule has 3 rings (SSSR count). The number of aliphatic hydroxyl groups is 1. The van der Waals surface area contributed by atoms with Gasteiger partial charge in [0.2, 0.25) is 0 Å². The highest BCUT2D eigenvalue weighted by Crippen LogP contribution is 2.30. The van der Waals surface area contributed by atoms with E-state index in [1.165, 1.54) is 17.4 Å². The fourth-order valence-corrected chi connectivity index (χ4v) is 2.72. The van der Waals surface area contributed by atoms with Crippen LogP contribution in [0.3, 0.4) is 0 Å². The van der Waals surface area contributed by atoms with Crippen molar-refractivity contribution in [2.45, 2.75) is 6.61 Å². The van der Waals surface area contributed by atoms with Gasteiger partial charge in [0.05, 0.1) is 27.7 Å². The molecule has 0 saturated carbocycles. The maximum Gasteiger partial charge on any atom is 0.278 e. The summed E-state index contributed by atoms with van der Waals surface area (Å²) in [5, 5.41) is 20.0. The summed E-state index contributed by atoms with van der Waals surface area (Å²) < 4.78 is 1.77. The molecule has 96 valence electrons. The first-order valence-electron chi connectivity index (χ1n) is 5.51. The van der Waals surface area contributed by atoms with Gasteiger partial charge in [-0.3, -0.25) is 14.5 Å². The number of hydrogen-bond donors (Lipinski definition) is 1. The fraction of sp³-hybridized carbons (Fsp3) is 0.0833. The lowest BCUT2D eigenvalue weighted by Gasteiger charge is -1.97. The number of nitro benzene ring substituents is 1. The van der Waals surface area contributed by atoms with Crippen LogP contribution in [0.5, 0.6) is 0 Å². The minimum Gasteiger partial charge on any atom is -0.391 e. The van der Waals surface area contributed by atoms with Crippen LogP contribution in [0.2, 0.25) is 0 Å². The predicted octanol–water partition coefficient (Wildman–Crippen LogP) is 2.46. The van der Waals surface area contributed by atoms with Crippen LogP contribution in [0, 0.1) is 10.1 Å². The van der Waals surface area contributed by atoms with Crippen molar-refractivity contribution in [3.05, 3.63) is 51.7 Å². The summed E-state index contributed by atoms with van der Waals surface area (Å²) in [6.07, 6.45) is 3.50. The van der Waals surface area contributed by atoms with Gasteiger partial charge in [-0.15, -0.1) is 0 Å². The van der Waals surface area contributed by atoms with Gasteiger partial charge in [0.25, 0.3) is 5.69 Å². The number of imidazole rings is 1. The quantitative estimate of drug-likeness (QED) is 0.588. The van der Waals surface area contributed by atoms with Crippen LogP contribution in [0.1, 0.15) is 4.88 Å². The average molecular weight is 275 g/mol. The van der Waals surface area contributed by atoms with Gasteiger partial charge in [-0.2, -0.15) is 0 Å². The van der Waals surface area contributed by atoms with E-state index in [1.54, 1.807) is 35.0 Å². The Morgan fingerprint density at radius 3 is 2.84 bits per heavy atom. The maximum atomic E-state index is 11.0. The summed E-state index contributed by atoms with van der Waals surface area (Å²) >= 11 is 1.36. The molecule has 0 aliphatic rings. The molecule has 0 saturated heterocycles. The summed E-state index contributed by atoms with van der Waals surface area (Å²) in [5.41, 5.74) is 1.09. The molecular weight excluding hydrogens is 266 g/mol. The Bertz CT molecular complexity index is 731. The van der Waals surface area contributed by atoms with E-state index in [9.17, 15) is 10.1 Å². The first-order valence-corrected chi connectivity index (χ1v) is 6.33. The molecule has 0 amide bonds. The second-order valence-electron chi connectivity index (χ2n) is 3.95. The zero-order chi connectivity index (χ0) is 13.4. The highest BCUT2D eigenvalue weighted by molar-refractivity contribution is 7.17. The standard InChI is InChI=1S/C12H9N3O3S/c16-7-8-5-14-6-10(13-12(14)19-8)9-3-1-2-4-11(9)15(17)18/h1-6,16H,7H2. The summed E-state index contributed by atoms with van der Waals surface area (Å²) in [7, 11) is 0. The van der Waals surface area contributed by atoms with Crippen LogP contribution in [-0.4, -0.2) is 19.4 Å². The molecule has 2 heterocycles. The van der Waals surface area contributed by atoms with E-state index < -0.39 is 4.92 Å². The van der Waals surface area contributed by atoms with Crippen LogP contribution in [0.15, 0.2) is 36.7 Å². The number of fused-ring (bicyclic) bond motifs is 1. The number of hydrogen-bond acceptors (Lipinski definition) is 5. The van der Waals surface area contributed by atoms with Gasteiger partial charge in [0, 0.05) is 18.5 Å². The molecule has 7 heteroatoms. The second-order valence-corrected chi connectivity index (χ2v) is 5.04. The maximum absolute atomic E-state index is 11.0. The van der Waals surface area contributed by atoms with Gasteiger partial charge >= 0.3 is 0 Å². The number of aliphatic hydroxyl groups excluding tert-OH is 1. The van der Waals surface area contributed by atoms with Crippen molar-refractivity contribution < 1.29 is 10.0 Å². The molecule has 0 aliphatic carbocycles. The number of para-hydroxylation sites is 1. The normalized spacial score (nSPS) is 11.0. The highest BCUT2D eigenvalue weighted by atomic mass is 32.1. The second kappa shape index (κ2) is 4.45. The summed E-state index contributed by atoms with van der Waals surface area (Å²) in [5.74, 6) is 0. The van der Waals surface area contributed by atoms with Crippen molar-refractivity contribution >= 4 is 22.0 Å². The zero-order valence-corrected chi connectivity index (χ0v) is 10.5. The van der Waals surface area contributed by atoms with Crippen molar-refractivity contribution in [1.82, 2.24) is 9.38 Å². The monoisotopic (exact) mass is 275 g/mol. The largest absolute Gasteiger partial charge is 0.391 e. The van der Waals surface area contributed by atoms with Crippen LogP contribution in [-0.2, 0) is 6.61 Å². The van der Waals surface area contributed by atoms with Crippen LogP contribution in [0.25, 0.3) is 16.2 Å². The summed E-state index contributed by atoms with van der Waals surface area (Å²) in [4.78, 5) is 16.4. The van der Waals surface area contributed by atoms with E-state index in [1.807, 2.05) is 0 Å². The van der Waals surface area contributed by atoms with Crippen molar-refractivity contribution in [2.24, 2.45) is 0 Å². The lowest BCUT2D eigenvalue weighted by atomic mass is 10.1. The number of rotatable bonds is 3. The molecule has 0 spiro atoms. The van der Waals surface area contributed by atoms with Crippen LogP contribution >= 0.6 is 11.3 Å². The Balaban J connectivity index is 2.14. The van der Waals surface area contributed by atoms with Gasteiger partial charge in [-0.25, -0.2) is 4.98 Å². The van der Waals surface area contributed by atoms with E-state index >= 15 is 0 Å². The summed E-state index contributed by atoms with van der Waals surface area (Å²) in [6, 6.07) is 6.51. The first-order chi connectivity index (χ1) is 9.19. The Morgan fingerprint density at radius 1 is 1.37 bits per heavy atom. The molecule has 19 heavy (non-hydrogen) atoms. The van der Waals surface area contributed by atoms with Crippen molar-refractivity contribution in [2.75, 3.05) is 0 Å². The number of nitro groups is 1. The van der Waals surface area contributed by atoms with E-state index in [0.29, 0.717) is 16.2 Å². The Labute approximate surface area is 111 Å². The first kappa shape index (κ1) is 11.8. The zero-order valence-electron chi connectivity index (χ0n) is 9.68. The van der Waals surface area contributed by atoms with Gasteiger partial charge < -0.3 is 5.11 Å². The minimum absolute atomic E-state index is 0.0329. The molecule has 1 aromatic carbocycles. The van der Waals surface area contributed by atoms with Crippen molar-refractivity contribution in [3.63, 3.8) is 0 Å². The van der Waals surface area contributed by atoms with Crippen molar-refractivity contribution in [1.29, 1.82) is 0 Å². The number of aromatic nitrogens is 2. The molecule has 0 radical (unpaired) electrons. The number of benzene rings is 1. The van der Waals surface area contributed by atoms with Gasteiger partial charge in [-0.1, -0.05) is 23.5 Å². The highest BCUT2D eigenvalue weighted by Gasteiger charge is 2.17. The number of nitrogens with zero attached hydrogens (tertiary/aromatic N) is 3. The molecule has 6 nitrogen and oxygen atoms in total. The third kappa shape index (κ3) is 1.98. The van der Waals surface area contributed by atoms with Gasteiger partial charge in [-0.05, 0) is 6.07 Å². The Kier molecular flexibility index (Phi) is 2.77. The third-order valence-corrected chi connectivity index (χ3v) is 3.72. The lowest BCUT2D eigenvalue weighted by molar-refractivity contribution is -0.384. The van der Waals surface area contributed by atoms with E-state index in [2.05, 4.69) is 4.98 Å². The van der Waals surface area contributed by atoms with Crippen LogP contribution in [0.4, 0.5) is 5.69 Å². The molecule has 0 bridgehead atoms. The van der Waals surface area contributed by atoms with E-state index in [4.69, 9.17) is 5.11 Å². The van der Waals surface area contributed by atoms with Crippen molar-refractivity contribution in [3.8, 4) is 11.3 Å². The minimum atomic E-state index is -0.415. The molecule has 3 aromatic rings. The van der Waals surface area contributed by atoms with Gasteiger partial charge in [0.1, 0.15) is 0 Å². The van der Waals surface area contributed by atoms with E-state index in [0.717, 1.165) is 4.88 Å². The van der Waals surface area contributed by atoms with E-state index in [-0.39, 0.29) is 12.3 Å². The molecule has 0 unspecified atom stereocenters. The molecule has 0 fully saturated rings. The predicted molar refractivity (Wildman–Crippen MR) is 71.1 cm³/mol. The average Bonchev–Trinajstić information content (AvgIpc) is 2.96. The molecule has 0 aliphatic heterocycles. The number of thiazole rings is 1. The molecule has 0 atom stereocenters. The third-order valence-electron chi connectivity index (χ3n) is 2.74. The molecule has 2 aromatic heterocycles. The summed E-state index contributed by atoms with van der Waals surface area (Å²) in [6.45, 7) is -0.0329. The SMILES string of the molecule is O=[N+]([O-])c1ccccc1-c1cn2cc(CO)sc2n1. The topological polar surface area (TPSA) is 80.7 Å². The fourth-order valence-electron chi connectivity index (χ4n) is 1.90. The smallest absolute Gasteiger partial charge is 0.278 e. The molecule has 1 N–H and O–H groups in total. The van der Waals surface area contributed by atoms with Gasteiger partial charge in [0.15, 0.2) is 4.96 Å². The Hall–Kier alpha value is -2.25. The molecular formula is C12H9N3O3S. The Morgan fingerprint density at radius 2 is 2.16 bits per heavy atom.